The number of rotatable bonds is 7. The third-order valence-corrected chi connectivity index (χ3v) is 8.50. The molecular weight excluding hydrogens is 486 g/mol. The fourth-order valence-corrected chi connectivity index (χ4v) is 6.49. The Labute approximate surface area is 218 Å². The summed E-state index contributed by atoms with van der Waals surface area (Å²) < 4.78 is 27.8. The number of amides is 2. The SMILES string of the molecule is C[C@@H]1C[C@H](C)CN(S(=O)(=O)c2ccc(C(=O)Nc3ccccc3C(=O)N[C@@H](C)c3ccccc3)cc2)C1. The van der Waals surface area contributed by atoms with Gasteiger partial charge >= 0.3 is 0 Å². The van der Waals surface area contributed by atoms with E-state index in [0.29, 0.717) is 41.7 Å². The van der Waals surface area contributed by atoms with Crippen LogP contribution < -0.4 is 10.6 Å². The fourth-order valence-electron chi connectivity index (χ4n) is 4.81. The van der Waals surface area contributed by atoms with Gasteiger partial charge < -0.3 is 10.6 Å². The van der Waals surface area contributed by atoms with E-state index in [0.717, 1.165) is 12.0 Å². The van der Waals surface area contributed by atoms with Gasteiger partial charge in [0.25, 0.3) is 11.8 Å². The molecule has 0 radical (unpaired) electrons. The molecule has 1 heterocycles. The van der Waals surface area contributed by atoms with E-state index in [9.17, 15) is 18.0 Å². The van der Waals surface area contributed by atoms with Crippen LogP contribution in [0.5, 0.6) is 0 Å². The second kappa shape index (κ2) is 11.3. The zero-order valence-electron chi connectivity index (χ0n) is 21.3. The van der Waals surface area contributed by atoms with E-state index in [1.165, 1.54) is 28.6 Å². The minimum absolute atomic E-state index is 0.167. The Hall–Kier alpha value is -3.49. The molecule has 194 valence electrons. The number of carbonyl (C=O) groups is 2. The maximum atomic E-state index is 13.1. The second-order valence-corrected chi connectivity index (χ2v) is 11.8. The zero-order chi connectivity index (χ0) is 26.6. The summed E-state index contributed by atoms with van der Waals surface area (Å²) in [5, 5.41) is 5.76. The summed E-state index contributed by atoms with van der Waals surface area (Å²) in [5.74, 6) is -0.132. The van der Waals surface area contributed by atoms with Gasteiger partial charge in [-0.15, -0.1) is 0 Å². The molecule has 4 rings (SSSR count). The third-order valence-electron chi connectivity index (χ3n) is 6.66. The number of hydrogen-bond acceptors (Lipinski definition) is 4. The second-order valence-electron chi connectivity index (χ2n) is 9.90. The molecule has 2 amide bonds. The molecule has 3 atom stereocenters. The summed E-state index contributed by atoms with van der Waals surface area (Å²) in [4.78, 5) is 26.1. The fraction of sp³-hybridized carbons (Fsp3) is 0.310. The van der Waals surface area contributed by atoms with Crippen molar-refractivity contribution in [1.29, 1.82) is 0 Å². The first-order valence-electron chi connectivity index (χ1n) is 12.5. The molecule has 1 aliphatic heterocycles. The van der Waals surface area contributed by atoms with Crippen LogP contribution in [0, 0.1) is 11.8 Å². The average molecular weight is 520 g/mol. The van der Waals surface area contributed by atoms with Gasteiger partial charge in [0.15, 0.2) is 0 Å². The highest BCUT2D eigenvalue weighted by atomic mass is 32.2. The van der Waals surface area contributed by atoms with E-state index in [-0.39, 0.29) is 16.8 Å². The molecule has 7 nitrogen and oxygen atoms in total. The van der Waals surface area contributed by atoms with Crippen molar-refractivity contribution >= 4 is 27.5 Å². The third kappa shape index (κ3) is 6.26. The minimum Gasteiger partial charge on any atom is -0.345 e. The van der Waals surface area contributed by atoms with E-state index in [2.05, 4.69) is 24.5 Å². The Morgan fingerprint density at radius 1 is 0.838 bits per heavy atom. The average Bonchev–Trinajstić information content (AvgIpc) is 2.89. The maximum Gasteiger partial charge on any atom is 0.255 e. The van der Waals surface area contributed by atoms with E-state index >= 15 is 0 Å². The molecule has 3 aromatic carbocycles. The molecule has 1 saturated heterocycles. The quantitative estimate of drug-likeness (QED) is 0.454. The molecule has 8 heteroatoms. The number of piperidine rings is 1. The van der Waals surface area contributed by atoms with Crippen LogP contribution in [0.4, 0.5) is 5.69 Å². The van der Waals surface area contributed by atoms with Gasteiger partial charge in [-0.2, -0.15) is 4.31 Å². The van der Waals surface area contributed by atoms with E-state index in [1.807, 2.05) is 37.3 Å². The van der Waals surface area contributed by atoms with Gasteiger partial charge in [-0.05, 0) is 67.1 Å². The Balaban J connectivity index is 1.46. The molecule has 2 N–H and O–H groups in total. The van der Waals surface area contributed by atoms with Gasteiger partial charge in [-0.1, -0.05) is 56.3 Å². The van der Waals surface area contributed by atoms with Crippen LogP contribution in [0.1, 0.15) is 59.5 Å². The van der Waals surface area contributed by atoms with Gasteiger partial charge in [0.1, 0.15) is 0 Å². The van der Waals surface area contributed by atoms with Gasteiger partial charge in [0.2, 0.25) is 10.0 Å². The van der Waals surface area contributed by atoms with Crippen LogP contribution in [-0.2, 0) is 10.0 Å². The summed E-state index contributed by atoms with van der Waals surface area (Å²) in [6.45, 7) is 7.01. The molecule has 0 unspecified atom stereocenters. The monoisotopic (exact) mass is 519 g/mol. The lowest BCUT2D eigenvalue weighted by molar-refractivity contribution is 0.0940. The molecule has 0 aromatic heterocycles. The molecule has 3 aromatic rings. The number of sulfonamides is 1. The van der Waals surface area contributed by atoms with Crippen molar-refractivity contribution in [3.05, 3.63) is 95.6 Å². The lowest BCUT2D eigenvalue weighted by Gasteiger charge is -2.34. The van der Waals surface area contributed by atoms with Gasteiger partial charge in [-0.25, -0.2) is 8.42 Å². The number of carbonyl (C=O) groups excluding carboxylic acids is 2. The smallest absolute Gasteiger partial charge is 0.255 e. The lowest BCUT2D eigenvalue weighted by atomic mass is 9.94. The van der Waals surface area contributed by atoms with Crippen LogP contribution in [0.15, 0.2) is 83.8 Å². The Bertz CT molecular complexity index is 1350. The summed E-state index contributed by atoms with van der Waals surface area (Å²) in [7, 11) is -3.63. The maximum absolute atomic E-state index is 13.1. The summed E-state index contributed by atoms with van der Waals surface area (Å²) in [6, 6.07) is 22.1. The number of anilines is 1. The summed E-state index contributed by atoms with van der Waals surface area (Å²) in [6.07, 6.45) is 1.01. The first-order valence-corrected chi connectivity index (χ1v) is 14.0. The largest absolute Gasteiger partial charge is 0.345 e. The molecule has 1 aliphatic rings. The van der Waals surface area contributed by atoms with Crippen LogP contribution in [-0.4, -0.2) is 37.6 Å². The molecule has 0 saturated carbocycles. The van der Waals surface area contributed by atoms with E-state index in [1.54, 1.807) is 24.3 Å². The Kier molecular flexibility index (Phi) is 8.10. The number of para-hydroxylation sites is 1. The molecule has 0 bridgehead atoms. The highest BCUT2D eigenvalue weighted by Crippen LogP contribution is 2.27. The van der Waals surface area contributed by atoms with Crippen LogP contribution in [0.25, 0.3) is 0 Å². The molecule has 1 fully saturated rings. The normalized spacial score (nSPS) is 19.1. The Morgan fingerprint density at radius 3 is 2.08 bits per heavy atom. The van der Waals surface area contributed by atoms with Crippen molar-refractivity contribution in [1.82, 2.24) is 9.62 Å². The first-order chi connectivity index (χ1) is 17.6. The van der Waals surface area contributed by atoms with Crippen LogP contribution in [0.3, 0.4) is 0 Å². The van der Waals surface area contributed by atoms with Crippen molar-refractivity contribution < 1.29 is 18.0 Å². The van der Waals surface area contributed by atoms with Gasteiger partial charge in [0, 0.05) is 18.7 Å². The van der Waals surface area contributed by atoms with Crippen molar-refractivity contribution in [2.24, 2.45) is 11.8 Å². The molecule has 0 spiro atoms. The van der Waals surface area contributed by atoms with Crippen molar-refractivity contribution in [2.45, 2.75) is 38.1 Å². The molecule has 0 aliphatic carbocycles. The van der Waals surface area contributed by atoms with E-state index in [4.69, 9.17) is 0 Å². The van der Waals surface area contributed by atoms with Gasteiger partial charge in [-0.3, -0.25) is 9.59 Å². The van der Waals surface area contributed by atoms with Crippen molar-refractivity contribution in [3.63, 3.8) is 0 Å². The first kappa shape index (κ1) is 26.6. The summed E-state index contributed by atoms with van der Waals surface area (Å²) >= 11 is 0. The standard InChI is InChI=1S/C29H33N3O4S/c1-20-17-21(2)19-32(18-20)37(35,36)25-15-13-24(14-16-25)28(33)31-27-12-8-7-11-26(27)29(34)30-22(3)23-9-5-4-6-10-23/h4-16,20-22H,17-19H2,1-3H3,(H,30,34)(H,31,33)/t20-,21+,22-/m0/s1. The zero-order valence-corrected chi connectivity index (χ0v) is 22.2. The van der Waals surface area contributed by atoms with Crippen LogP contribution in [0.2, 0.25) is 0 Å². The number of nitrogens with one attached hydrogen (secondary N) is 2. The topological polar surface area (TPSA) is 95.6 Å². The predicted octanol–water partition coefficient (Wildman–Crippen LogP) is 5.10. The van der Waals surface area contributed by atoms with E-state index < -0.39 is 15.9 Å². The molecular formula is C29H33N3O4S. The highest BCUT2D eigenvalue weighted by Gasteiger charge is 2.31. The lowest BCUT2D eigenvalue weighted by Crippen LogP contribution is -2.42. The van der Waals surface area contributed by atoms with Crippen LogP contribution >= 0.6 is 0 Å². The number of hydrogen-bond donors (Lipinski definition) is 2. The van der Waals surface area contributed by atoms with Crippen molar-refractivity contribution in [2.75, 3.05) is 18.4 Å². The number of nitrogens with zero attached hydrogens (tertiary/aromatic N) is 1. The summed E-state index contributed by atoms with van der Waals surface area (Å²) in [5.41, 5.74) is 1.98. The number of benzene rings is 3. The minimum atomic E-state index is -3.63. The highest BCUT2D eigenvalue weighted by molar-refractivity contribution is 7.89. The van der Waals surface area contributed by atoms with Crippen molar-refractivity contribution in [3.8, 4) is 0 Å². The Morgan fingerprint density at radius 2 is 1.43 bits per heavy atom. The van der Waals surface area contributed by atoms with Gasteiger partial charge in [0.05, 0.1) is 22.2 Å². The predicted molar refractivity (Wildman–Crippen MR) is 145 cm³/mol. The molecule has 37 heavy (non-hydrogen) atoms.